The predicted octanol–water partition coefficient (Wildman–Crippen LogP) is 1.99. The minimum Gasteiger partial charge on any atom is -0.336 e. The van der Waals surface area contributed by atoms with E-state index in [0.717, 1.165) is 26.2 Å². The van der Waals surface area contributed by atoms with E-state index in [1.807, 2.05) is 0 Å². The number of nitro groups is 1. The number of nitro benzene ring substituents is 1. The summed E-state index contributed by atoms with van der Waals surface area (Å²) in [5.74, 6) is 0.433. The lowest BCUT2D eigenvalue weighted by atomic mass is 10.0. The number of benzene rings is 1. The van der Waals surface area contributed by atoms with Gasteiger partial charge in [0.25, 0.3) is 5.69 Å². The fourth-order valence-corrected chi connectivity index (χ4v) is 2.98. The summed E-state index contributed by atoms with van der Waals surface area (Å²) in [4.78, 5) is 27.0. The molecule has 2 rings (SSSR count). The molecule has 0 radical (unpaired) electrons. The van der Waals surface area contributed by atoms with Crippen molar-refractivity contribution in [3.63, 3.8) is 0 Å². The van der Waals surface area contributed by atoms with Crippen LogP contribution < -0.4 is 10.6 Å². The third-order valence-corrected chi connectivity index (χ3v) is 4.58. The van der Waals surface area contributed by atoms with E-state index in [1.54, 1.807) is 0 Å². The summed E-state index contributed by atoms with van der Waals surface area (Å²) in [5.41, 5.74) is 0.532. The number of carbonyl (C=O) groups is 1. The van der Waals surface area contributed by atoms with Gasteiger partial charge in [0.05, 0.1) is 4.92 Å². The number of amides is 2. The van der Waals surface area contributed by atoms with E-state index >= 15 is 0 Å². The summed E-state index contributed by atoms with van der Waals surface area (Å²) < 4.78 is 0. The van der Waals surface area contributed by atoms with Crippen molar-refractivity contribution in [1.29, 1.82) is 0 Å². The zero-order chi connectivity index (χ0) is 18.4. The highest BCUT2D eigenvalue weighted by Gasteiger charge is 2.25. The fraction of sp³-hybridized carbons (Fsp3) is 0.588. The first-order chi connectivity index (χ1) is 11.9. The van der Waals surface area contributed by atoms with Gasteiger partial charge in [-0.25, -0.2) is 4.79 Å². The van der Waals surface area contributed by atoms with Crippen LogP contribution in [-0.2, 0) is 0 Å². The molecular weight excluding hydrogens is 322 g/mol. The average Bonchev–Trinajstić information content (AvgIpc) is 2.57. The second-order valence-electron chi connectivity index (χ2n) is 6.79. The summed E-state index contributed by atoms with van der Waals surface area (Å²) in [7, 11) is 2.12. The molecule has 1 heterocycles. The Balaban J connectivity index is 1.85. The van der Waals surface area contributed by atoms with Gasteiger partial charge in [-0.2, -0.15) is 0 Å². The molecule has 25 heavy (non-hydrogen) atoms. The molecule has 0 aliphatic carbocycles. The van der Waals surface area contributed by atoms with E-state index in [1.165, 1.54) is 24.3 Å². The molecular formula is C17H27N5O3. The number of rotatable bonds is 6. The number of hydrogen-bond donors (Lipinski definition) is 2. The fourth-order valence-electron chi connectivity index (χ4n) is 2.98. The van der Waals surface area contributed by atoms with Crippen LogP contribution in [0.4, 0.5) is 16.2 Å². The van der Waals surface area contributed by atoms with Crippen molar-refractivity contribution < 1.29 is 9.72 Å². The lowest BCUT2D eigenvalue weighted by Crippen LogP contribution is -2.54. The summed E-state index contributed by atoms with van der Waals surface area (Å²) >= 11 is 0. The van der Waals surface area contributed by atoms with Gasteiger partial charge in [-0.3, -0.25) is 15.0 Å². The number of carbonyl (C=O) groups excluding carboxylic acids is 1. The standard InChI is InChI=1S/C17H27N5O3/c1-13(2)16(21-10-8-20(3)9-11-21)12-18-17(23)19-14-4-6-15(7-5-14)22(24)25/h4-7,13,16H,8-12H2,1-3H3,(H2,18,19,23)/t16-/m0/s1. The first kappa shape index (κ1) is 19.1. The van der Waals surface area contributed by atoms with Crippen LogP contribution in [0.3, 0.4) is 0 Å². The van der Waals surface area contributed by atoms with Crippen molar-refractivity contribution in [2.75, 3.05) is 45.1 Å². The Morgan fingerprint density at radius 2 is 1.80 bits per heavy atom. The summed E-state index contributed by atoms with van der Waals surface area (Å²) in [6.07, 6.45) is 0. The number of piperazine rings is 1. The predicted molar refractivity (Wildman–Crippen MR) is 97.8 cm³/mol. The van der Waals surface area contributed by atoms with E-state index in [2.05, 4.69) is 41.3 Å². The molecule has 1 aromatic carbocycles. The summed E-state index contributed by atoms with van der Waals surface area (Å²) in [6.45, 7) is 8.99. The van der Waals surface area contributed by atoms with Crippen molar-refractivity contribution in [2.45, 2.75) is 19.9 Å². The maximum atomic E-state index is 12.1. The Labute approximate surface area is 148 Å². The molecule has 1 saturated heterocycles. The van der Waals surface area contributed by atoms with E-state index in [0.29, 0.717) is 18.2 Å². The molecule has 1 aliphatic heterocycles. The summed E-state index contributed by atoms with van der Waals surface area (Å²) in [6, 6.07) is 5.79. The van der Waals surface area contributed by atoms with Crippen LogP contribution in [0, 0.1) is 16.0 Å². The lowest BCUT2D eigenvalue weighted by molar-refractivity contribution is -0.384. The van der Waals surface area contributed by atoms with E-state index < -0.39 is 4.92 Å². The van der Waals surface area contributed by atoms with Gasteiger partial charge in [0.1, 0.15) is 0 Å². The Morgan fingerprint density at radius 1 is 1.20 bits per heavy atom. The topological polar surface area (TPSA) is 90.7 Å². The molecule has 1 atom stereocenters. The maximum Gasteiger partial charge on any atom is 0.319 e. The number of nitrogens with zero attached hydrogens (tertiary/aromatic N) is 3. The van der Waals surface area contributed by atoms with Gasteiger partial charge in [-0.15, -0.1) is 0 Å². The van der Waals surface area contributed by atoms with Crippen molar-refractivity contribution >= 4 is 17.4 Å². The third-order valence-electron chi connectivity index (χ3n) is 4.58. The molecule has 138 valence electrons. The van der Waals surface area contributed by atoms with Gasteiger partial charge < -0.3 is 15.5 Å². The number of likely N-dealkylation sites (N-methyl/N-ethyl adjacent to an activating group) is 1. The second kappa shape index (κ2) is 8.77. The molecule has 0 aromatic heterocycles. The molecule has 1 fully saturated rings. The largest absolute Gasteiger partial charge is 0.336 e. The number of anilines is 1. The quantitative estimate of drug-likeness (QED) is 0.605. The Bertz CT molecular complexity index is 582. The normalized spacial score (nSPS) is 17.3. The molecule has 8 nitrogen and oxygen atoms in total. The number of urea groups is 1. The lowest BCUT2D eigenvalue weighted by Gasteiger charge is -2.39. The van der Waals surface area contributed by atoms with Crippen LogP contribution >= 0.6 is 0 Å². The summed E-state index contributed by atoms with van der Waals surface area (Å²) in [5, 5.41) is 16.3. The second-order valence-corrected chi connectivity index (χ2v) is 6.79. The van der Waals surface area contributed by atoms with Crippen LogP contribution in [0.25, 0.3) is 0 Å². The van der Waals surface area contributed by atoms with Gasteiger partial charge in [-0.1, -0.05) is 13.8 Å². The molecule has 0 bridgehead atoms. The molecule has 1 aromatic rings. The van der Waals surface area contributed by atoms with Crippen LogP contribution in [0.1, 0.15) is 13.8 Å². The van der Waals surface area contributed by atoms with Crippen LogP contribution in [0.5, 0.6) is 0 Å². The molecule has 2 amide bonds. The van der Waals surface area contributed by atoms with E-state index in [-0.39, 0.29) is 17.8 Å². The average molecular weight is 349 g/mol. The van der Waals surface area contributed by atoms with Crippen molar-refractivity contribution in [1.82, 2.24) is 15.1 Å². The first-order valence-electron chi connectivity index (χ1n) is 8.58. The SMILES string of the molecule is CC(C)[C@H](CNC(=O)Nc1ccc([N+](=O)[O-])cc1)N1CCN(C)CC1. The highest BCUT2D eigenvalue weighted by Crippen LogP contribution is 2.16. The highest BCUT2D eigenvalue weighted by atomic mass is 16.6. The number of non-ortho nitro benzene ring substituents is 1. The van der Waals surface area contributed by atoms with E-state index in [9.17, 15) is 14.9 Å². The van der Waals surface area contributed by atoms with Crippen molar-refractivity contribution in [3.8, 4) is 0 Å². The molecule has 2 N–H and O–H groups in total. The minimum atomic E-state index is -0.465. The Morgan fingerprint density at radius 3 is 2.32 bits per heavy atom. The molecule has 8 heteroatoms. The third kappa shape index (κ3) is 5.68. The molecule has 0 unspecified atom stereocenters. The Hall–Kier alpha value is -2.19. The van der Waals surface area contributed by atoms with E-state index in [4.69, 9.17) is 0 Å². The van der Waals surface area contributed by atoms with Crippen molar-refractivity contribution in [3.05, 3.63) is 34.4 Å². The van der Waals surface area contributed by atoms with Gasteiger partial charge in [0.15, 0.2) is 0 Å². The van der Waals surface area contributed by atoms with Crippen molar-refractivity contribution in [2.24, 2.45) is 5.92 Å². The maximum absolute atomic E-state index is 12.1. The van der Waals surface area contributed by atoms with Gasteiger partial charge in [0, 0.05) is 56.6 Å². The van der Waals surface area contributed by atoms with Crippen LogP contribution in [0.15, 0.2) is 24.3 Å². The zero-order valence-electron chi connectivity index (χ0n) is 15.1. The van der Waals surface area contributed by atoms with Gasteiger partial charge >= 0.3 is 6.03 Å². The Kier molecular flexibility index (Phi) is 6.72. The van der Waals surface area contributed by atoms with Gasteiger partial charge in [-0.05, 0) is 25.1 Å². The first-order valence-corrected chi connectivity index (χ1v) is 8.58. The monoisotopic (exact) mass is 349 g/mol. The number of hydrogen-bond acceptors (Lipinski definition) is 5. The smallest absolute Gasteiger partial charge is 0.319 e. The number of nitrogens with one attached hydrogen (secondary N) is 2. The van der Waals surface area contributed by atoms with Crippen LogP contribution in [0.2, 0.25) is 0 Å². The molecule has 0 spiro atoms. The van der Waals surface area contributed by atoms with Crippen LogP contribution in [-0.4, -0.2) is 66.6 Å². The van der Waals surface area contributed by atoms with Gasteiger partial charge in [0.2, 0.25) is 0 Å². The molecule has 0 saturated carbocycles. The minimum absolute atomic E-state index is 0.000830. The zero-order valence-corrected chi connectivity index (χ0v) is 15.1. The highest BCUT2D eigenvalue weighted by molar-refractivity contribution is 5.89. The molecule has 1 aliphatic rings.